The fourth-order valence-corrected chi connectivity index (χ4v) is 3.12. The van der Waals surface area contributed by atoms with Crippen LogP contribution < -0.4 is 10.5 Å². The smallest absolute Gasteiger partial charge is 0.221 e. The van der Waals surface area contributed by atoms with Crippen LogP contribution >= 0.6 is 0 Å². The molecule has 6 nitrogen and oxygen atoms in total. The summed E-state index contributed by atoms with van der Waals surface area (Å²) < 4.78 is 5.32. The number of benzene rings is 1. The molecule has 0 bridgehead atoms. The number of nitrogens with zero attached hydrogens (tertiary/aromatic N) is 3. The van der Waals surface area contributed by atoms with Crippen LogP contribution in [0.4, 0.5) is 5.95 Å². The summed E-state index contributed by atoms with van der Waals surface area (Å²) >= 11 is 0. The Labute approximate surface area is 151 Å². The molecule has 2 N–H and O–H groups in total. The number of fused-ring (bicyclic) bond motifs is 1. The van der Waals surface area contributed by atoms with Gasteiger partial charge in [-0.1, -0.05) is 18.2 Å². The van der Waals surface area contributed by atoms with Crippen molar-refractivity contribution in [3.05, 3.63) is 53.5 Å². The third-order valence-corrected chi connectivity index (χ3v) is 4.62. The van der Waals surface area contributed by atoms with E-state index in [1.165, 1.54) is 12.8 Å². The molecule has 1 aliphatic rings. The highest BCUT2D eigenvalue weighted by molar-refractivity contribution is 6.07. The average Bonchev–Trinajstić information content (AvgIpc) is 3.50. The highest BCUT2D eigenvalue weighted by Crippen LogP contribution is 2.38. The second-order valence-corrected chi connectivity index (χ2v) is 6.54. The molecule has 0 saturated heterocycles. The van der Waals surface area contributed by atoms with Crippen LogP contribution in [0.15, 0.2) is 36.4 Å². The summed E-state index contributed by atoms with van der Waals surface area (Å²) in [6, 6.07) is 11.5. The van der Waals surface area contributed by atoms with Crippen molar-refractivity contribution in [3.63, 3.8) is 0 Å². The number of hydrogen-bond acceptors (Lipinski definition) is 6. The van der Waals surface area contributed by atoms with E-state index in [9.17, 15) is 4.79 Å². The molecule has 2 aromatic heterocycles. The van der Waals surface area contributed by atoms with Crippen LogP contribution in [0, 0.1) is 0 Å². The molecule has 6 heteroatoms. The number of hydrogen-bond donors (Lipinski definition) is 1. The third-order valence-electron chi connectivity index (χ3n) is 4.62. The summed E-state index contributed by atoms with van der Waals surface area (Å²) in [5.41, 5.74) is 8.78. The quantitative estimate of drug-likeness (QED) is 0.687. The molecule has 1 aromatic carbocycles. The normalized spacial score (nSPS) is 13.7. The Hall–Kier alpha value is -3.02. The van der Waals surface area contributed by atoms with Crippen LogP contribution in [-0.4, -0.2) is 27.8 Å². The highest BCUT2D eigenvalue weighted by atomic mass is 16.5. The van der Waals surface area contributed by atoms with Gasteiger partial charge >= 0.3 is 0 Å². The molecule has 0 amide bonds. The van der Waals surface area contributed by atoms with Gasteiger partial charge in [-0.2, -0.15) is 0 Å². The number of ketones is 1. The molecule has 1 aliphatic carbocycles. The molecule has 2 heterocycles. The lowest BCUT2D eigenvalue weighted by molar-refractivity contribution is 0.0979. The van der Waals surface area contributed by atoms with Crippen LogP contribution in [0.1, 0.15) is 47.1 Å². The Bertz CT molecular complexity index is 983. The molecule has 0 aliphatic heterocycles. The van der Waals surface area contributed by atoms with Crippen LogP contribution in [0.25, 0.3) is 10.9 Å². The number of aromatic nitrogens is 3. The number of rotatable bonds is 6. The van der Waals surface area contributed by atoms with E-state index < -0.39 is 0 Å². The Morgan fingerprint density at radius 1 is 1.15 bits per heavy atom. The van der Waals surface area contributed by atoms with Crippen molar-refractivity contribution < 1.29 is 9.53 Å². The first-order chi connectivity index (χ1) is 12.7. The minimum atomic E-state index is -0.0732. The fraction of sp³-hybridized carbons (Fsp3) is 0.300. The van der Waals surface area contributed by atoms with Gasteiger partial charge in [-0.05, 0) is 37.5 Å². The maximum atomic E-state index is 12.8. The van der Waals surface area contributed by atoms with E-state index in [0.29, 0.717) is 41.1 Å². The molecule has 132 valence electrons. The van der Waals surface area contributed by atoms with E-state index >= 15 is 0 Å². The van der Waals surface area contributed by atoms with Crippen molar-refractivity contribution in [1.29, 1.82) is 0 Å². The summed E-state index contributed by atoms with van der Waals surface area (Å²) in [7, 11) is 1.56. The van der Waals surface area contributed by atoms with Crippen molar-refractivity contribution >= 4 is 22.6 Å². The first kappa shape index (κ1) is 16.4. The topological polar surface area (TPSA) is 91.0 Å². The van der Waals surface area contributed by atoms with Gasteiger partial charge in [0.05, 0.1) is 7.11 Å². The Kier molecular flexibility index (Phi) is 4.24. The Morgan fingerprint density at radius 2 is 1.96 bits per heavy atom. The molecule has 26 heavy (non-hydrogen) atoms. The Balaban J connectivity index is 1.59. The van der Waals surface area contributed by atoms with Crippen molar-refractivity contribution in [2.45, 2.75) is 31.6 Å². The van der Waals surface area contributed by atoms with E-state index in [1.807, 2.05) is 24.3 Å². The van der Waals surface area contributed by atoms with Gasteiger partial charge in [-0.25, -0.2) is 9.97 Å². The summed E-state index contributed by atoms with van der Waals surface area (Å²) in [6.45, 7) is 0. The average molecular weight is 348 g/mol. The van der Waals surface area contributed by atoms with Crippen molar-refractivity contribution in [2.24, 2.45) is 0 Å². The molecule has 4 rings (SSSR count). The highest BCUT2D eigenvalue weighted by Gasteiger charge is 2.25. The van der Waals surface area contributed by atoms with Gasteiger partial charge in [0, 0.05) is 29.1 Å². The molecule has 0 radical (unpaired) electrons. The van der Waals surface area contributed by atoms with Gasteiger partial charge in [0.2, 0.25) is 5.95 Å². The van der Waals surface area contributed by atoms with E-state index in [4.69, 9.17) is 10.5 Å². The number of para-hydroxylation sites is 1. The predicted molar refractivity (Wildman–Crippen MR) is 99.4 cm³/mol. The maximum absolute atomic E-state index is 12.8. The summed E-state index contributed by atoms with van der Waals surface area (Å²) in [5.74, 6) is 1.17. The number of carbonyl (C=O) groups is 1. The molecule has 0 atom stereocenters. The van der Waals surface area contributed by atoms with E-state index in [-0.39, 0.29) is 11.7 Å². The predicted octanol–water partition coefficient (Wildman–Crippen LogP) is 3.31. The van der Waals surface area contributed by atoms with Crippen LogP contribution in [-0.2, 0) is 6.42 Å². The zero-order valence-electron chi connectivity index (χ0n) is 14.6. The van der Waals surface area contributed by atoms with Crippen molar-refractivity contribution in [1.82, 2.24) is 15.0 Å². The fourth-order valence-electron chi connectivity index (χ4n) is 3.12. The number of methoxy groups -OCH3 is 1. The lowest BCUT2D eigenvalue weighted by Crippen LogP contribution is -2.09. The molecular weight excluding hydrogens is 328 g/mol. The number of carbonyl (C=O) groups excluding carboxylic acids is 1. The summed E-state index contributed by atoms with van der Waals surface area (Å²) in [6.07, 6.45) is 3.32. The van der Waals surface area contributed by atoms with Gasteiger partial charge in [0.15, 0.2) is 5.78 Å². The van der Waals surface area contributed by atoms with Crippen LogP contribution in [0.5, 0.6) is 5.75 Å². The van der Waals surface area contributed by atoms with E-state index in [0.717, 1.165) is 11.4 Å². The van der Waals surface area contributed by atoms with E-state index in [1.54, 1.807) is 13.2 Å². The molecule has 1 fully saturated rings. The van der Waals surface area contributed by atoms with Gasteiger partial charge < -0.3 is 10.5 Å². The zero-order valence-corrected chi connectivity index (χ0v) is 14.6. The second-order valence-electron chi connectivity index (χ2n) is 6.54. The SMILES string of the molecule is COc1cccc2c(C(=O)CCc3cccc(C4CC4)n3)nc(N)nc12. The zero-order chi connectivity index (χ0) is 18.1. The van der Waals surface area contributed by atoms with E-state index in [2.05, 4.69) is 21.0 Å². The van der Waals surface area contributed by atoms with Crippen molar-refractivity contribution in [2.75, 3.05) is 12.8 Å². The number of pyridine rings is 1. The van der Waals surface area contributed by atoms with Gasteiger partial charge in [0.25, 0.3) is 0 Å². The lowest BCUT2D eigenvalue weighted by Gasteiger charge is -2.09. The summed E-state index contributed by atoms with van der Waals surface area (Å²) in [4.78, 5) is 25.9. The molecule has 0 unspecified atom stereocenters. The maximum Gasteiger partial charge on any atom is 0.221 e. The number of nitrogens with two attached hydrogens (primary N) is 1. The number of nitrogen functional groups attached to an aromatic ring is 1. The standard InChI is InChI=1S/C20H20N4O2/c1-26-17-7-3-5-14-18(23-20(21)24-19(14)17)16(25)11-10-13-4-2-6-15(22-13)12-8-9-12/h2-7,12H,8-11H2,1H3,(H2,21,23,24). The molecule has 0 spiro atoms. The first-order valence-corrected chi connectivity index (χ1v) is 8.75. The lowest BCUT2D eigenvalue weighted by atomic mass is 10.1. The van der Waals surface area contributed by atoms with Crippen molar-refractivity contribution in [3.8, 4) is 5.75 Å². The minimum Gasteiger partial charge on any atom is -0.494 e. The Morgan fingerprint density at radius 3 is 2.73 bits per heavy atom. The number of ether oxygens (including phenoxy) is 1. The van der Waals surface area contributed by atoms with Crippen LogP contribution in [0.3, 0.4) is 0 Å². The first-order valence-electron chi connectivity index (χ1n) is 8.75. The third kappa shape index (κ3) is 3.22. The molecular formula is C20H20N4O2. The number of Topliss-reactive ketones (excluding diaryl/α,β-unsaturated/α-hetero) is 1. The number of anilines is 1. The molecule has 1 saturated carbocycles. The number of aryl methyl sites for hydroxylation is 1. The van der Waals surface area contributed by atoms with Crippen LogP contribution in [0.2, 0.25) is 0 Å². The molecule has 3 aromatic rings. The second kappa shape index (κ2) is 6.71. The largest absolute Gasteiger partial charge is 0.494 e. The van der Waals surface area contributed by atoms with Gasteiger partial charge in [-0.3, -0.25) is 9.78 Å². The monoisotopic (exact) mass is 348 g/mol. The van der Waals surface area contributed by atoms with Gasteiger partial charge in [-0.15, -0.1) is 0 Å². The minimum absolute atomic E-state index is 0.0687. The van der Waals surface area contributed by atoms with Gasteiger partial charge in [0.1, 0.15) is 17.0 Å². The summed E-state index contributed by atoms with van der Waals surface area (Å²) in [5, 5.41) is 0.656.